The van der Waals surface area contributed by atoms with E-state index in [4.69, 9.17) is 33.5 Å². The first-order valence-electron chi connectivity index (χ1n) is 17.4. The van der Waals surface area contributed by atoms with E-state index in [2.05, 4.69) is 115 Å². The summed E-state index contributed by atoms with van der Waals surface area (Å²) in [6.07, 6.45) is 5.79. The van der Waals surface area contributed by atoms with E-state index in [-0.39, 0.29) is 0 Å². The van der Waals surface area contributed by atoms with Crippen molar-refractivity contribution in [3.8, 4) is 17.2 Å². The van der Waals surface area contributed by atoms with Crippen LogP contribution in [0.2, 0.25) is 0 Å². The number of nitrogens with one attached hydrogen (secondary N) is 3. The molecule has 290 valence electrons. The van der Waals surface area contributed by atoms with E-state index in [0.717, 1.165) is 103 Å². The summed E-state index contributed by atoms with van der Waals surface area (Å²) in [5.41, 5.74) is 3.38. The van der Waals surface area contributed by atoms with Gasteiger partial charge in [-0.25, -0.2) is 0 Å². The molecular formula is C39H57N6O7P. The number of quaternary nitrogens is 3. The molecule has 0 aliphatic rings. The molecule has 0 aliphatic heterocycles. The number of H-pyrrole nitrogens is 3. The number of hydrogen-bond acceptors (Lipinski definition) is 7. The number of likely N-dealkylation sites (N-methyl/N-ethyl adjacent to an activating group) is 3. The van der Waals surface area contributed by atoms with Gasteiger partial charge < -0.3 is 61.9 Å². The van der Waals surface area contributed by atoms with Crippen LogP contribution in [0.3, 0.4) is 0 Å². The van der Waals surface area contributed by atoms with Gasteiger partial charge in [-0.15, -0.1) is 0 Å². The largest absolute Gasteiger partial charge is 0.822 e. The number of aromatic nitrogens is 3. The van der Waals surface area contributed by atoms with Crippen LogP contribution < -0.4 is 28.9 Å². The Morgan fingerprint density at radius 2 is 0.698 bits per heavy atom. The smallest absolute Gasteiger partial charge is 0.144 e. The highest BCUT2D eigenvalue weighted by molar-refractivity contribution is 7.40. The molecule has 6 aromatic rings. The highest BCUT2D eigenvalue weighted by Crippen LogP contribution is 2.26. The van der Waals surface area contributed by atoms with Gasteiger partial charge in [-0.1, -0.05) is 36.4 Å². The van der Waals surface area contributed by atoms with Gasteiger partial charge in [-0.2, -0.15) is 7.82 Å². The van der Waals surface area contributed by atoms with Crippen LogP contribution >= 0.6 is 7.82 Å². The lowest BCUT2D eigenvalue weighted by Gasteiger charge is -2.36. The molecule has 3 heterocycles. The van der Waals surface area contributed by atoms with Crippen molar-refractivity contribution in [1.82, 2.24) is 15.0 Å². The number of rotatable bonds is 12. The monoisotopic (exact) mass is 752 g/mol. The molecule has 0 aliphatic carbocycles. The predicted molar refractivity (Wildman–Crippen MR) is 208 cm³/mol. The zero-order valence-electron chi connectivity index (χ0n) is 32.5. The third-order valence-corrected chi connectivity index (χ3v) is 7.71. The molecular weight excluding hydrogens is 695 g/mol. The minimum atomic E-state index is -5.39. The summed E-state index contributed by atoms with van der Waals surface area (Å²) in [6.45, 7) is 5.22. The SMILES string of the molecule is C[N+](C)(C)CCOc1c[nH]c2ccccc12.C[N+](C)(C)CCOc1c[nH]c2ccccc12.C[N+](C)(C)CCOc1c[nH]c2ccccc12.O=P([O-])([O-])[O-]. The molecule has 3 N–H and O–H groups in total. The molecule has 0 atom stereocenters. The number of ether oxygens (including phenoxy) is 3. The maximum Gasteiger partial charge on any atom is 0.144 e. The summed E-state index contributed by atoms with van der Waals surface area (Å²) in [4.78, 5) is 35.3. The highest BCUT2D eigenvalue weighted by Gasteiger charge is 2.11. The third-order valence-electron chi connectivity index (χ3n) is 7.71. The Bertz CT molecular complexity index is 1790. The van der Waals surface area contributed by atoms with Crippen molar-refractivity contribution < 1.29 is 46.9 Å². The Hall–Kier alpha value is -4.33. The average molecular weight is 753 g/mol. The number of aromatic amines is 3. The van der Waals surface area contributed by atoms with Gasteiger partial charge in [-0.3, -0.25) is 0 Å². The molecule has 0 bridgehead atoms. The fraction of sp³-hybridized carbons (Fsp3) is 0.385. The Morgan fingerprint density at radius 1 is 0.472 bits per heavy atom. The van der Waals surface area contributed by atoms with Gasteiger partial charge in [0.15, 0.2) is 0 Å². The normalized spacial score (nSPS) is 11.9. The van der Waals surface area contributed by atoms with Crippen molar-refractivity contribution in [2.24, 2.45) is 0 Å². The van der Waals surface area contributed by atoms with E-state index < -0.39 is 7.82 Å². The van der Waals surface area contributed by atoms with Crippen LogP contribution in [0.1, 0.15) is 0 Å². The quantitative estimate of drug-likeness (QED) is 0.126. The first-order valence-corrected chi connectivity index (χ1v) is 18.9. The third kappa shape index (κ3) is 16.9. The molecule has 53 heavy (non-hydrogen) atoms. The molecule has 0 saturated carbocycles. The fourth-order valence-electron chi connectivity index (χ4n) is 4.78. The second-order valence-electron chi connectivity index (χ2n) is 15.6. The van der Waals surface area contributed by atoms with Gasteiger partial charge in [0.25, 0.3) is 0 Å². The van der Waals surface area contributed by atoms with Crippen LogP contribution in [0.15, 0.2) is 91.4 Å². The molecule has 14 heteroatoms. The minimum Gasteiger partial charge on any atom is -0.822 e. The zero-order chi connectivity index (χ0) is 39.3. The Kier molecular flexibility index (Phi) is 15.5. The molecule has 3 aromatic carbocycles. The summed E-state index contributed by atoms with van der Waals surface area (Å²) in [6, 6.07) is 24.6. The van der Waals surface area contributed by atoms with Gasteiger partial charge in [0.1, 0.15) is 56.7 Å². The Labute approximate surface area is 313 Å². The predicted octanol–water partition coefficient (Wildman–Crippen LogP) is 3.93. The minimum absolute atomic E-state index is 0.741. The maximum atomic E-state index is 8.55. The molecule has 0 fully saturated rings. The van der Waals surface area contributed by atoms with Crippen molar-refractivity contribution in [3.63, 3.8) is 0 Å². The number of hydrogen-bond donors (Lipinski definition) is 3. The molecule has 3 aromatic heterocycles. The topological polar surface area (TPSA) is 161 Å². The lowest BCUT2D eigenvalue weighted by Crippen LogP contribution is -2.38. The van der Waals surface area contributed by atoms with Crippen LogP contribution in [0.25, 0.3) is 32.7 Å². The number of benzene rings is 3. The van der Waals surface area contributed by atoms with Crippen LogP contribution in [-0.2, 0) is 4.57 Å². The summed E-state index contributed by atoms with van der Waals surface area (Å²) in [5, 5.41) is 3.47. The summed E-state index contributed by atoms with van der Waals surface area (Å²) in [7, 11) is 14.1. The molecule has 0 unspecified atom stereocenters. The van der Waals surface area contributed by atoms with E-state index in [1.165, 1.54) is 0 Å². The molecule has 0 spiro atoms. The van der Waals surface area contributed by atoms with Gasteiger partial charge in [0.2, 0.25) is 0 Å². The second kappa shape index (κ2) is 19.1. The van der Waals surface area contributed by atoms with Crippen molar-refractivity contribution in [2.75, 3.05) is 103 Å². The van der Waals surface area contributed by atoms with Crippen LogP contribution in [0.4, 0.5) is 0 Å². The van der Waals surface area contributed by atoms with Gasteiger partial charge in [0, 0.05) is 51.3 Å². The van der Waals surface area contributed by atoms with Crippen molar-refractivity contribution in [1.29, 1.82) is 0 Å². The van der Waals surface area contributed by atoms with Crippen molar-refractivity contribution >= 4 is 40.5 Å². The summed E-state index contributed by atoms with van der Waals surface area (Å²) < 4.78 is 28.7. The van der Waals surface area contributed by atoms with Gasteiger partial charge in [0.05, 0.1) is 63.4 Å². The van der Waals surface area contributed by atoms with Crippen molar-refractivity contribution in [2.45, 2.75) is 0 Å². The zero-order valence-corrected chi connectivity index (χ0v) is 33.4. The molecule has 0 saturated heterocycles. The molecule has 6 rings (SSSR count). The van der Waals surface area contributed by atoms with Crippen LogP contribution in [0, 0.1) is 0 Å². The van der Waals surface area contributed by atoms with E-state index in [9.17, 15) is 0 Å². The van der Waals surface area contributed by atoms with E-state index >= 15 is 0 Å². The standard InChI is InChI=1S/3C13H19N2O.H3O4P/c3*1-15(2,3)8-9-16-13-10-14-12-7-5-4-6-11(12)13;1-5(2,3)4/h3*4-7,10,14H,8-9H2,1-3H3;(H3,1,2,3,4)/q3*+1;/p-3. The fourth-order valence-corrected chi connectivity index (χ4v) is 4.78. The number of fused-ring (bicyclic) bond motifs is 3. The number of phosphoric acid groups is 1. The van der Waals surface area contributed by atoms with Crippen LogP contribution in [-0.4, -0.2) is 131 Å². The lowest BCUT2D eigenvalue weighted by molar-refractivity contribution is -0.870. The first-order chi connectivity index (χ1) is 24.7. The molecule has 0 radical (unpaired) electrons. The van der Waals surface area contributed by atoms with Gasteiger partial charge in [-0.05, 0) is 36.4 Å². The van der Waals surface area contributed by atoms with Crippen LogP contribution in [0.5, 0.6) is 17.2 Å². The average Bonchev–Trinajstić information content (AvgIpc) is 3.77. The second-order valence-corrected chi connectivity index (χ2v) is 16.5. The van der Waals surface area contributed by atoms with Crippen molar-refractivity contribution in [3.05, 3.63) is 91.4 Å². The summed E-state index contributed by atoms with van der Waals surface area (Å²) >= 11 is 0. The van der Waals surface area contributed by atoms with E-state index in [0.29, 0.717) is 0 Å². The highest BCUT2D eigenvalue weighted by atomic mass is 31.2. The van der Waals surface area contributed by atoms with E-state index in [1.807, 2.05) is 55.0 Å². The Morgan fingerprint density at radius 3 is 0.925 bits per heavy atom. The molecule has 13 nitrogen and oxygen atoms in total. The van der Waals surface area contributed by atoms with E-state index in [1.54, 1.807) is 0 Å². The van der Waals surface area contributed by atoms with Gasteiger partial charge >= 0.3 is 0 Å². The number of para-hydroxylation sites is 3. The first kappa shape index (κ1) is 43.1. The Balaban J connectivity index is 0.000000201. The summed E-state index contributed by atoms with van der Waals surface area (Å²) in [5.74, 6) is 2.84. The lowest BCUT2D eigenvalue weighted by atomic mass is 10.2. The maximum absolute atomic E-state index is 8.55. The number of nitrogens with zero attached hydrogens (tertiary/aromatic N) is 3. The molecule has 0 amide bonds.